The molecule has 2 rings (SSSR count). The molecule has 1 heterocycles. The summed E-state index contributed by atoms with van der Waals surface area (Å²) in [6.45, 7) is 3.91. The smallest absolute Gasteiger partial charge is 0.170 e. The van der Waals surface area contributed by atoms with E-state index < -0.39 is 0 Å². The number of hydrogen-bond donors (Lipinski definition) is 1. The molecule has 0 aliphatic carbocycles. The Morgan fingerprint density at radius 2 is 2.00 bits per heavy atom. The van der Waals surface area contributed by atoms with E-state index in [-0.39, 0.29) is 0 Å². The minimum Gasteiger partial charge on any atom is -0.310 e. The predicted octanol–water partition coefficient (Wildman–Crippen LogP) is 1.94. The average molecular weight is 245 g/mol. The van der Waals surface area contributed by atoms with Crippen molar-refractivity contribution in [3.63, 3.8) is 0 Å². The Bertz CT molecular complexity index is 451. The van der Waals surface area contributed by atoms with Crippen molar-refractivity contribution in [1.82, 2.24) is 25.5 Å². The molecule has 1 N–H and O–H groups in total. The van der Waals surface area contributed by atoms with Gasteiger partial charge in [-0.25, -0.2) is 0 Å². The van der Waals surface area contributed by atoms with Crippen LogP contribution >= 0.6 is 0 Å². The van der Waals surface area contributed by atoms with E-state index in [2.05, 4.69) is 27.8 Å². The first-order valence-corrected chi connectivity index (χ1v) is 6.45. The van der Waals surface area contributed by atoms with E-state index in [0.29, 0.717) is 6.54 Å². The van der Waals surface area contributed by atoms with Crippen LogP contribution in [-0.4, -0.2) is 26.8 Å². The van der Waals surface area contributed by atoms with Crippen molar-refractivity contribution in [2.24, 2.45) is 0 Å². The Hall–Kier alpha value is -1.75. The molecule has 0 aliphatic heterocycles. The molecule has 5 heteroatoms. The molecule has 5 nitrogen and oxygen atoms in total. The summed E-state index contributed by atoms with van der Waals surface area (Å²) >= 11 is 0. The molecule has 0 atom stereocenters. The van der Waals surface area contributed by atoms with E-state index in [0.717, 1.165) is 18.1 Å². The first-order chi connectivity index (χ1) is 8.92. The van der Waals surface area contributed by atoms with Gasteiger partial charge < -0.3 is 5.32 Å². The summed E-state index contributed by atoms with van der Waals surface area (Å²) < 4.78 is 1.77. The lowest BCUT2D eigenvalue weighted by Crippen LogP contribution is -2.18. The fourth-order valence-electron chi connectivity index (χ4n) is 1.79. The third-order valence-corrected chi connectivity index (χ3v) is 2.78. The lowest BCUT2D eigenvalue weighted by molar-refractivity contribution is 0.594. The summed E-state index contributed by atoms with van der Waals surface area (Å²) in [5.41, 5.74) is 0.993. The van der Waals surface area contributed by atoms with Crippen molar-refractivity contribution < 1.29 is 0 Å². The standard InChI is InChI=1S/C13H19N5/c1-2-3-7-10-14-11-13-15-16-17-18(13)12-8-5-4-6-9-12/h4-6,8-9,14H,2-3,7,10-11H2,1H3. The van der Waals surface area contributed by atoms with Crippen molar-refractivity contribution in [2.75, 3.05) is 6.54 Å². The van der Waals surface area contributed by atoms with Crippen LogP contribution < -0.4 is 5.32 Å². The second-order valence-corrected chi connectivity index (χ2v) is 4.23. The number of tetrazole rings is 1. The summed E-state index contributed by atoms with van der Waals surface area (Å²) in [4.78, 5) is 0. The lowest BCUT2D eigenvalue weighted by Gasteiger charge is -2.05. The van der Waals surface area contributed by atoms with Gasteiger partial charge in [0.25, 0.3) is 0 Å². The van der Waals surface area contributed by atoms with Crippen LogP contribution in [0.1, 0.15) is 32.0 Å². The molecule has 1 aromatic heterocycles. The van der Waals surface area contributed by atoms with Crippen molar-refractivity contribution in [1.29, 1.82) is 0 Å². The van der Waals surface area contributed by atoms with Gasteiger partial charge in [-0.1, -0.05) is 38.0 Å². The molecule has 0 radical (unpaired) electrons. The van der Waals surface area contributed by atoms with Crippen LogP contribution in [0.3, 0.4) is 0 Å². The van der Waals surface area contributed by atoms with Gasteiger partial charge in [-0.2, -0.15) is 4.68 Å². The van der Waals surface area contributed by atoms with Gasteiger partial charge in [-0.05, 0) is 35.5 Å². The van der Waals surface area contributed by atoms with Crippen LogP contribution in [-0.2, 0) is 6.54 Å². The normalized spacial score (nSPS) is 10.7. The monoisotopic (exact) mass is 245 g/mol. The summed E-state index contributed by atoms with van der Waals surface area (Å²) in [6, 6.07) is 9.94. The number of aromatic nitrogens is 4. The highest BCUT2D eigenvalue weighted by Gasteiger charge is 2.06. The van der Waals surface area contributed by atoms with E-state index in [1.807, 2.05) is 30.3 Å². The van der Waals surface area contributed by atoms with Crippen molar-refractivity contribution in [2.45, 2.75) is 32.7 Å². The maximum atomic E-state index is 4.05. The molecule has 0 amide bonds. The Morgan fingerprint density at radius 3 is 2.78 bits per heavy atom. The van der Waals surface area contributed by atoms with E-state index >= 15 is 0 Å². The maximum absolute atomic E-state index is 4.05. The second kappa shape index (κ2) is 6.86. The van der Waals surface area contributed by atoms with Gasteiger partial charge in [-0.3, -0.25) is 0 Å². The predicted molar refractivity (Wildman–Crippen MR) is 70.4 cm³/mol. The summed E-state index contributed by atoms with van der Waals surface area (Å²) in [5, 5.41) is 15.2. The van der Waals surface area contributed by atoms with E-state index in [4.69, 9.17) is 0 Å². The van der Waals surface area contributed by atoms with Crippen LogP contribution in [0, 0.1) is 0 Å². The fraction of sp³-hybridized carbons (Fsp3) is 0.462. The molecular formula is C13H19N5. The highest BCUT2D eigenvalue weighted by atomic mass is 15.5. The molecule has 2 aromatic rings. The van der Waals surface area contributed by atoms with Crippen LogP contribution in [0.25, 0.3) is 5.69 Å². The van der Waals surface area contributed by atoms with Gasteiger partial charge in [0.15, 0.2) is 5.82 Å². The Kier molecular flexibility index (Phi) is 4.84. The highest BCUT2D eigenvalue weighted by molar-refractivity contribution is 5.30. The first kappa shape index (κ1) is 12.7. The molecule has 96 valence electrons. The largest absolute Gasteiger partial charge is 0.310 e. The van der Waals surface area contributed by atoms with E-state index in [1.54, 1.807) is 4.68 Å². The summed E-state index contributed by atoms with van der Waals surface area (Å²) in [5.74, 6) is 0.845. The zero-order valence-electron chi connectivity index (χ0n) is 10.7. The molecule has 0 saturated heterocycles. The molecule has 18 heavy (non-hydrogen) atoms. The van der Waals surface area contributed by atoms with Gasteiger partial charge in [0, 0.05) is 0 Å². The summed E-state index contributed by atoms with van der Waals surface area (Å²) in [7, 11) is 0. The molecule has 0 spiro atoms. The fourth-order valence-corrected chi connectivity index (χ4v) is 1.79. The van der Waals surface area contributed by atoms with E-state index in [1.165, 1.54) is 19.3 Å². The number of para-hydroxylation sites is 1. The zero-order valence-corrected chi connectivity index (χ0v) is 10.7. The first-order valence-electron chi connectivity index (χ1n) is 6.45. The van der Waals surface area contributed by atoms with Crippen molar-refractivity contribution >= 4 is 0 Å². The maximum Gasteiger partial charge on any atom is 0.170 e. The minimum atomic E-state index is 0.700. The average Bonchev–Trinajstić information content (AvgIpc) is 2.88. The van der Waals surface area contributed by atoms with Crippen LogP contribution in [0.15, 0.2) is 30.3 Å². The van der Waals surface area contributed by atoms with Crippen molar-refractivity contribution in [3.8, 4) is 5.69 Å². The van der Waals surface area contributed by atoms with Gasteiger partial charge >= 0.3 is 0 Å². The number of hydrogen-bond acceptors (Lipinski definition) is 4. The molecule has 0 fully saturated rings. The Morgan fingerprint density at radius 1 is 1.17 bits per heavy atom. The SMILES string of the molecule is CCCCCNCc1nnnn1-c1ccccc1. The zero-order chi connectivity index (χ0) is 12.6. The van der Waals surface area contributed by atoms with Crippen molar-refractivity contribution in [3.05, 3.63) is 36.2 Å². The number of nitrogens with zero attached hydrogens (tertiary/aromatic N) is 4. The molecule has 0 unspecified atom stereocenters. The third kappa shape index (κ3) is 3.37. The van der Waals surface area contributed by atoms with Gasteiger partial charge in [-0.15, -0.1) is 5.10 Å². The van der Waals surface area contributed by atoms with Crippen LogP contribution in [0.2, 0.25) is 0 Å². The Labute approximate surface area is 107 Å². The molecule has 0 saturated carbocycles. The molecule has 0 bridgehead atoms. The number of benzene rings is 1. The minimum absolute atomic E-state index is 0.700. The van der Waals surface area contributed by atoms with Gasteiger partial charge in [0.1, 0.15) is 0 Å². The molecular weight excluding hydrogens is 226 g/mol. The third-order valence-electron chi connectivity index (χ3n) is 2.78. The highest BCUT2D eigenvalue weighted by Crippen LogP contribution is 2.06. The van der Waals surface area contributed by atoms with Gasteiger partial charge in [0.2, 0.25) is 0 Å². The number of unbranched alkanes of at least 4 members (excludes halogenated alkanes) is 2. The van der Waals surface area contributed by atoms with Crippen LogP contribution in [0.5, 0.6) is 0 Å². The van der Waals surface area contributed by atoms with Gasteiger partial charge in [0.05, 0.1) is 12.2 Å². The summed E-state index contributed by atoms with van der Waals surface area (Å²) in [6.07, 6.45) is 3.70. The lowest BCUT2D eigenvalue weighted by atomic mass is 10.2. The van der Waals surface area contributed by atoms with E-state index in [9.17, 15) is 0 Å². The molecule has 1 aromatic carbocycles. The second-order valence-electron chi connectivity index (χ2n) is 4.23. The Balaban J connectivity index is 1.92. The molecule has 0 aliphatic rings. The quantitative estimate of drug-likeness (QED) is 0.757. The number of nitrogens with one attached hydrogen (secondary N) is 1. The van der Waals surface area contributed by atoms with Crippen LogP contribution in [0.4, 0.5) is 0 Å². The number of rotatable bonds is 7. The topological polar surface area (TPSA) is 55.6 Å².